The standard InChI is InChI=1S/C16H25NO3/c1-3-5-6-7-9-14(18)17-12-8-11-16(13-17,10-4-2)15(19)20/h1H,4-13H2,2H3,(H,19,20). The number of carbonyl (C=O) groups is 2. The quantitative estimate of drug-likeness (QED) is 0.576. The van der Waals surface area contributed by atoms with Crippen LogP contribution in [0.2, 0.25) is 0 Å². The normalized spacial score (nSPS) is 22.3. The highest BCUT2D eigenvalue weighted by Gasteiger charge is 2.42. The van der Waals surface area contributed by atoms with Crippen LogP contribution < -0.4 is 0 Å². The van der Waals surface area contributed by atoms with E-state index in [-0.39, 0.29) is 5.91 Å². The first-order valence-electron chi connectivity index (χ1n) is 7.50. The van der Waals surface area contributed by atoms with E-state index in [1.165, 1.54) is 0 Å². The average molecular weight is 279 g/mol. The van der Waals surface area contributed by atoms with Crippen molar-refractivity contribution in [1.82, 2.24) is 4.90 Å². The maximum Gasteiger partial charge on any atom is 0.311 e. The molecule has 1 N–H and O–H groups in total. The first kappa shape index (κ1) is 16.6. The Balaban J connectivity index is 2.56. The Morgan fingerprint density at radius 2 is 2.15 bits per heavy atom. The maximum atomic E-state index is 12.2. The summed E-state index contributed by atoms with van der Waals surface area (Å²) in [7, 11) is 0. The van der Waals surface area contributed by atoms with Gasteiger partial charge in [0.15, 0.2) is 0 Å². The Kier molecular flexibility index (Phi) is 6.57. The van der Waals surface area contributed by atoms with E-state index >= 15 is 0 Å². The molecule has 1 rings (SSSR count). The number of carboxylic acids is 1. The fourth-order valence-corrected chi connectivity index (χ4v) is 2.97. The monoisotopic (exact) mass is 279 g/mol. The van der Waals surface area contributed by atoms with Gasteiger partial charge in [0.25, 0.3) is 0 Å². The van der Waals surface area contributed by atoms with Crippen LogP contribution >= 0.6 is 0 Å². The van der Waals surface area contributed by atoms with Crippen LogP contribution in [-0.4, -0.2) is 35.0 Å². The van der Waals surface area contributed by atoms with E-state index in [0.717, 1.165) is 25.7 Å². The van der Waals surface area contributed by atoms with Gasteiger partial charge >= 0.3 is 5.97 Å². The number of carboxylic acid groups (broad SMARTS) is 1. The van der Waals surface area contributed by atoms with Gasteiger partial charge in [-0.2, -0.15) is 0 Å². The topological polar surface area (TPSA) is 57.6 Å². The van der Waals surface area contributed by atoms with Crippen LogP contribution in [-0.2, 0) is 9.59 Å². The van der Waals surface area contributed by atoms with E-state index in [2.05, 4.69) is 5.92 Å². The molecule has 1 aliphatic heterocycles. The second kappa shape index (κ2) is 7.94. The van der Waals surface area contributed by atoms with Crippen molar-refractivity contribution in [2.75, 3.05) is 13.1 Å². The molecule has 0 aliphatic carbocycles. The smallest absolute Gasteiger partial charge is 0.311 e. The summed E-state index contributed by atoms with van der Waals surface area (Å²) < 4.78 is 0. The third-order valence-corrected chi connectivity index (χ3v) is 4.07. The lowest BCUT2D eigenvalue weighted by Gasteiger charge is -2.40. The third-order valence-electron chi connectivity index (χ3n) is 4.07. The lowest BCUT2D eigenvalue weighted by molar-refractivity contribution is -0.155. The molecular formula is C16H25NO3. The number of likely N-dealkylation sites (tertiary alicyclic amines) is 1. The minimum atomic E-state index is -0.760. The molecule has 0 bridgehead atoms. The van der Waals surface area contributed by atoms with Gasteiger partial charge in [0.05, 0.1) is 5.41 Å². The number of rotatable bonds is 7. The Morgan fingerprint density at radius 1 is 1.40 bits per heavy atom. The molecular weight excluding hydrogens is 254 g/mol. The summed E-state index contributed by atoms with van der Waals surface area (Å²) in [5.41, 5.74) is -0.735. The van der Waals surface area contributed by atoms with Crippen LogP contribution in [0.5, 0.6) is 0 Å². The second-order valence-corrected chi connectivity index (χ2v) is 5.67. The zero-order valence-electron chi connectivity index (χ0n) is 12.4. The number of aliphatic carboxylic acids is 1. The largest absolute Gasteiger partial charge is 0.481 e. The van der Waals surface area contributed by atoms with Gasteiger partial charge in [-0.1, -0.05) is 13.3 Å². The number of terminal acetylenes is 1. The van der Waals surface area contributed by atoms with Crippen molar-refractivity contribution in [2.24, 2.45) is 5.41 Å². The van der Waals surface area contributed by atoms with Crippen molar-refractivity contribution in [2.45, 2.75) is 58.3 Å². The fraction of sp³-hybridized carbons (Fsp3) is 0.750. The van der Waals surface area contributed by atoms with Crippen LogP contribution in [0.4, 0.5) is 0 Å². The Labute approximate surface area is 121 Å². The molecule has 4 nitrogen and oxygen atoms in total. The number of unbranched alkanes of at least 4 members (excludes halogenated alkanes) is 2. The molecule has 4 heteroatoms. The highest BCUT2D eigenvalue weighted by atomic mass is 16.4. The lowest BCUT2D eigenvalue weighted by Crippen LogP contribution is -2.49. The van der Waals surface area contributed by atoms with Crippen molar-refractivity contribution < 1.29 is 14.7 Å². The number of piperidine rings is 1. The summed E-state index contributed by atoms with van der Waals surface area (Å²) in [5, 5.41) is 9.51. The van der Waals surface area contributed by atoms with E-state index in [4.69, 9.17) is 6.42 Å². The summed E-state index contributed by atoms with van der Waals surface area (Å²) in [6.45, 7) is 3.04. The summed E-state index contributed by atoms with van der Waals surface area (Å²) in [6, 6.07) is 0. The number of nitrogens with zero attached hydrogens (tertiary/aromatic N) is 1. The molecule has 1 unspecified atom stereocenters. The van der Waals surface area contributed by atoms with Crippen molar-refractivity contribution in [3.63, 3.8) is 0 Å². The molecule has 1 amide bonds. The Morgan fingerprint density at radius 3 is 2.75 bits per heavy atom. The molecule has 0 saturated carbocycles. The number of hydrogen-bond acceptors (Lipinski definition) is 2. The van der Waals surface area contributed by atoms with Gasteiger partial charge < -0.3 is 10.0 Å². The maximum absolute atomic E-state index is 12.2. The van der Waals surface area contributed by atoms with Crippen LogP contribution in [0.15, 0.2) is 0 Å². The summed E-state index contributed by atoms with van der Waals surface area (Å²) >= 11 is 0. The highest BCUT2D eigenvalue weighted by Crippen LogP contribution is 2.35. The first-order chi connectivity index (χ1) is 9.55. The molecule has 20 heavy (non-hydrogen) atoms. The minimum Gasteiger partial charge on any atom is -0.481 e. The summed E-state index contributed by atoms with van der Waals surface area (Å²) in [4.78, 5) is 25.5. The van der Waals surface area contributed by atoms with Crippen molar-refractivity contribution in [3.8, 4) is 12.3 Å². The molecule has 1 saturated heterocycles. The molecule has 1 fully saturated rings. The van der Waals surface area contributed by atoms with Gasteiger partial charge in [-0.25, -0.2) is 0 Å². The summed E-state index contributed by atoms with van der Waals surface area (Å²) in [6.07, 6.45) is 10.9. The fourth-order valence-electron chi connectivity index (χ4n) is 2.97. The van der Waals surface area contributed by atoms with E-state index in [9.17, 15) is 14.7 Å². The predicted octanol–water partition coefficient (Wildman–Crippen LogP) is 2.67. The van der Waals surface area contributed by atoms with Gasteiger partial charge in [-0.15, -0.1) is 12.3 Å². The zero-order chi connectivity index (χ0) is 15.0. The van der Waals surface area contributed by atoms with Crippen molar-refractivity contribution >= 4 is 11.9 Å². The van der Waals surface area contributed by atoms with E-state index < -0.39 is 11.4 Å². The molecule has 1 atom stereocenters. The van der Waals surface area contributed by atoms with Crippen molar-refractivity contribution in [3.05, 3.63) is 0 Å². The van der Waals surface area contributed by atoms with E-state index in [1.807, 2.05) is 6.92 Å². The van der Waals surface area contributed by atoms with E-state index in [0.29, 0.717) is 38.8 Å². The predicted molar refractivity (Wildman–Crippen MR) is 78.1 cm³/mol. The number of hydrogen-bond donors (Lipinski definition) is 1. The Hall–Kier alpha value is -1.50. The van der Waals surface area contributed by atoms with Gasteiger partial charge in [-0.3, -0.25) is 9.59 Å². The molecule has 0 spiro atoms. The van der Waals surface area contributed by atoms with Crippen LogP contribution in [0.25, 0.3) is 0 Å². The number of carbonyl (C=O) groups excluding carboxylic acids is 1. The van der Waals surface area contributed by atoms with Crippen LogP contribution in [0.1, 0.15) is 58.3 Å². The molecule has 1 heterocycles. The van der Waals surface area contributed by atoms with Crippen LogP contribution in [0.3, 0.4) is 0 Å². The second-order valence-electron chi connectivity index (χ2n) is 5.67. The number of amides is 1. The van der Waals surface area contributed by atoms with Gasteiger partial charge in [0, 0.05) is 25.9 Å². The Bertz CT molecular complexity index is 382. The van der Waals surface area contributed by atoms with Crippen LogP contribution in [0, 0.1) is 17.8 Å². The highest BCUT2D eigenvalue weighted by molar-refractivity contribution is 5.79. The molecule has 0 aromatic rings. The lowest BCUT2D eigenvalue weighted by atomic mass is 9.76. The van der Waals surface area contributed by atoms with Crippen molar-refractivity contribution in [1.29, 1.82) is 0 Å². The average Bonchev–Trinajstić information content (AvgIpc) is 2.44. The SMILES string of the molecule is C#CCCCCC(=O)N1CCCC(CCC)(C(=O)O)C1. The molecule has 0 aromatic carbocycles. The zero-order valence-corrected chi connectivity index (χ0v) is 12.4. The molecule has 0 aromatic heterocycles. The van der Waals surface area contributed by atoms with E-state index in [1.54, 1.807) is 4.90 Å². The summed E-state index contributed by atoms with van der Waals surface area (Å²) in [5.74, 6) is 1.88. The first-order valence-corrected chi connectivity index (χ1v) is 7.50. The minimum absolute atomic E-state index is 0.0726. The molecule has 0 radical (unpaired) electrons. The molecule has 112 valence electrons. The van der Waals surface area contributed by atoms with Gasteiger partial charge in [0.2, 0.25) is 5.91 Å². The third kappa shape index (κ3) is 4.26. The molecule has 1 aliphatic rings. The van der Waals surface area contributed by atoms with Gasteiger partial charge in [-0.05, 0) is 32.1 Å². The van der Waals surface area contributed by atoms with Gasteiger partial charge in [0.1, 0.15) is 0 Å².